The average molecular weight is 516 g/mol. The lowest BCUT2D eigenvalue weighted by Gasteiger charge is -2.33. The molecule has 0 saturated carbocycles. The van der Waals surface area contributed by atoms with Crippen LogP contribution in [0.3, 0.4) is 0 Å². The molecule has 1 aliphatic heterocycles. The second kappa shape index (κ2) is 13.7. The summed E-state index contributed by atoms with van der Waals surface area (Å²) < 4.78 is 5.39. The van der Waals surface area contributed by atoms with Gasteiger partial charge in [0.2, 0.25) is 5.91 Å². The van der Waals surface area contributed by atoms with Gasteiger partial charge in [0.25, 0.3) is 0 Å². The third kappa shape index (κ3) is 8.40. The molecule has 0 spiro atoms. The molecule has 1 atom stereocenters. The molecule has 2 rings (SSSR count). The van der Waals surface area contributed by atoms with Crippen LogP contribution in [0.1, 0.15) is 50.7 Å². The fourth-order valence-corrected chi connectivity index (χ4v) is 3.56. The molecule has 1 saturated heterocycles. The molecule has 7 heteroatoms. The van der Waals surface area contributed by atoms with Crippen LogP contribution in [0.5, 0.6) is 5.75 Å². The van der Waals surface area contributed by atoms with Gasteiger partial charge < -0.3 is 20.3 Å². The smallest absolute Gasteiger partial charge is 0.224 e. The van der Waals surface area contributed by atoms with Crippen LogP contribution in [-0.2, 0) is 11.2 Å². The first-order valence-corrected chi connectivity index (χ1v) is 10.5. The van der Waals surface area contributed by atoms with Crippen LogP contribution in [0.4, 0.5) is 0 Å². The van der Waals surface area contributed by atoms with E-state index in [4.69, 9.17) is 4.74 Å². The van der Waals surface area contributed by atoms with Gasteiger partial charge in [-0.15, -0.1) is 24.0 Å². The molecule has 1 fully saturated rings. The van der Waals surface area contributed by atoms with Gasteiger partial charge in [0.05, 0.1) is 13.7 Å². The van der Waals surface area contributed by atoms with Crippen LogP contribution in [0.2, 0.25) is 0 Å². The Labute approximate surface area is 192 Å². The Hall–Kier alpha value is -1.51. The lowest BCUT2D eigenvalue weighted by molar-refractivity contribution is -0.134. The van der Waals surface area contributed by atoms with Gasteiger partial charge in [0.1, 0.15) is 5.75 Å². The highest BCUT2D eigenvalue weighted by Crippen LogP contribution is 2.19. The lowest BCUT2D eigenvalue weighted by Crippen LogP contribution is -2.42. The van der Waals surface area contributed by atoms with Crippen LogP contribution in [0.15, 0.2) is 23.2 Å². The fraction of sp³-hybridized carbons (Fsp3) is 0.636. The molecule has 29 heavy (non-hydrogen) atoms. The van der Waals surface area contributed by atoms with Crippen molar-refractivity contribution in [3.05, 3.63) is 29.3 Å². The van der Waals surface area contributed by atoms with Crippen LogP contribution in [0.25, 0.3) is 0 Å². The van der Waals surface area contributed by atoms with E-state index in [1.807, 2.05) is 18.7 Å². The van der Waals surface area contributed by atoms with E-state index in [1.165, 1.54) is 12.0 Å². The number of benzene rings is 1. The third-order valence-corrected chi connectivity index (χ3v) is 5.24. The van der Waals surface area contributed by atoms with Crippen molar-refractivity contribution in [2.45, 2.75) is 58.9 Å². The van der Waals surface area contributed by atoms with Crippen molar-refractivity contribution in [2.24, 2.45) is 4.99 Å². The van der Waals surface area contributed by atoms with Gasteiger partial charge in [-0.3, -0.25) is 9.79 Å². The monoisotopic (exact) mass is 516 g/mol. The maximum atomic E-state index is 12.4. The predicted molar refractivity (Wildman–Crippen MR) is 130 cm³/mol. The van der Waals surface area contributed by atoms with Crippen LogP contribution >= 0.6 is 24.0 Å². The second-order valence-corrected chi connectivity index (χ2v) is 7.42. The number of guanidine groups is 1. The Morgan fingerprint density at radius 1 is 1.31 bits per heavy atom. The van der Waals surface area contributed by atoms with E-state index in [1.54, 1.807) is 7.11 Å². The minimum absolute atomic E-state index is 0. The van der Waals surface area contributed by atoms with E-state index in [-0.39, 0.29) is 29.9 Å². The number of amides is 1. The Morgan fingerprint density at radius 3 is 2.79 bits per heavy atom. The number of aliphatic imine (C=N–C) groups is 1. The lowest BCUT2D eigenvalue weighted by atomic mass is 10.0. The molecule has 1 amide bonds. The highest BCUT2D eigenvalue weighted by Gasteiger charge is 2.22. The maximum absolute atomic E-state index is 12.4. The first-order chi connectivity index (χ1) is 13.5. The largest absolute Gasteiger partial charge is 0.496 e. The zero-order valence-electron chi connectivity index (χ0n) is 18.3. The number of carbonyl (C=O) groups is 1. The van der Waals surface area contributed by atoms with Crippen molar-refractivity contribution in [3.8, 4) is 5.75 Å². The highest BCUT2D eigenvalue weighted by atomic mass is 127. The minimum Gasteiger partial charge on any atom is -0.496 e. The molecule has 1 aromatic carbocycles. The summed E-state index contributed by atoms with van der Waals surface area (Å²) >= 11 is 0. The number of carbonyl (C=O) groups excluding carboxylic acids is 1. The molecule has 0 aromatic heterocycles. The quantitative estimate of drug-likeness (QED) is 0.316. The van der Waals surface area contributed by atoms with Crippen LogP contribution in [0, 0.1) is 6.92 Å². The number of methoxy groups -OCH3 is 1. The van der Waals surface area contributed by atoms with E-state index in [0.717, 1.165) is 56.2 Å². The normalized spacial score (nSPS) is 16.8. The van der Waals surface area contributed by atoms with Gasteiger partial charge in [-0.2, -0.15) is 0 Å². The van der Waals surface area contributed by atoms with Gasteiger partial charge in [-0.1, -0.05) is 12.1 Å². The number of ether oxygens (including phenoxy) is 1. The molecule has 6 nitrogen and oxygen atoms in total. The number of likely N-dealkylation sites (tertiary alicyclic amines) is 1. The summed E-state index contributed by atoms with van der Waals surface area (Å²) in [6.07, 6.45) is 4.81. The van der Waals surface area contributed by atoms with Crippen molar-refractivity contribution in [2.75, 3.05) is 33.3 Å². The molecule has 1 heterocycles. The van der Waals surface area contributed by atoms with Gasteiger partial charge in [0, 0.05) is 32.1 Å². The van der Waals surface area contributed by atoms with E-state index in [0.29, 0.717) is 19.0 Å². The Morgan fingerprint density at radius 2 is 2.10 bits per heavy atom. The summed E-state index contributed by atoms with van der Waals surface area (Å²) in [5.41, 5.74) is 2.36. The van der Waals surface area contributed by atoms with E-state index in [2.05, 4.69) is 40.7 Å². The van der Waals surface area contributed by atoms with Gasteiger partial charge in [-0.25, -0.2) is 0 Å². The Kier molecular flexibility index (Phi) is 12.0. The second-order valence-electron chi connectivity index (χ2n) is 7.42. The molecule has 0 aliphatic carbocycles. The van der Waals surface area contributed by atoms with E-state index in [9.17, 15) is 4.79 Å². The number of halogens is 1. The van der Waals surface area contributed by atoms with Crippen molar-refractivity contribution in [3.63, 3.8) is 0 Å². The number of nitrogens with zero attached hydrogens (tertiary/aromatic N) is 2. The third-order valence-electron chi connectivity index (χ3n) is 5.24. The topological polar surface area (TPSA) is 66.0 Å². The summed E-state index contributed by atoms with van der Waals surface area (Å²) in [5, 5.41) is 6.61. The highest BCUT2D eigenvalue weighted by molar-refractivity contribution is 14.0. The fourth-order valence-electron chi connectivity index (χ4n) is 3.56. The first-order valence-electron chi connectivity index (χ1n) is 10.5. The number of rotatable bonds is 8. The molecule has 164 valence electrons. The minimum atomic E-state index is 0. The van der Waals surface area contributed by atoms with Crippen molar-refractivity contribution >= 4 is 35.8 Å². The number of nitrogens with one attached hydrogen (secondary N) is 2. The molecule has 0 bridgehead atoms. The van der Waals surface area contributed by atoms with Crippen molar-refractivity contribution in [1.29, 1.82) is 0 Å². The average Bonchev–Trinajstić information content (AvgIpc) is 2.69. The molecule has 0 radical (unpaired) electrons. The summed E-state index contributed by atoms with van der Waals surface area (Å²) in [6, 6.07) is 6.66. The number of hydrogen-bond acceptors (Lipinski definition) is 3. The van der Waals surface area contributed by atoms with Gasteiger partial charge >= 0.3 is 0 Å². The standard InChI is InChI=1S/C22H36N4O2.HI/c1-5-23-22(24-13-11-19-10-9-17(2)20(16-19)28-4)25-14-12-21(27)26-15-7-6-8-18(26)3;/h9-10,16,18H,5-8,11-15H2,1-4H3,(H2,23,24,25);1H. The molecule has 1 unspecified atom stereocenters. The predicted octanol–water partition coefficient (Wildman–Crippen LogP) is 3.51. The number of piperidine rings is 1. The van der Waals surface area contributed by atoms with Crippen molar-refractivity contribution < 1.29 is 9.53 Å². The van der Waals surface area contributed by atoms with Crippen LogP contribution in [-0.4, -0.2) is 56.1 Å². The van der Waals surface area contributed by atoms with E-state index < -0.39 is 0 Å². The molecule has 1 aliphatic rings. The van der Waals surface area contributed by atoms with Crippen molar-refractivity contribution in [1.82, 2.24) is 15.5 Å². The summed E-state index contributed by atoms with van der Waals surface area (Å²) in [5.74, 6) is 1.91. The summed E-state index contributed by atoms with van der Waals surface area (Å²) in [4.78, 5) is 19.0. The molecule has 1 aromatic rings. The van der Waals surface area contributed by atoms with Crippen LogP contribution < -0.4 is 15.4 Å². The first kappa shape index (κ1) is 25.5. The zero-order valence-corrected chi connectivity index (χ0v) is 20.6. The maximum Gasteiger partial charge on any atom is 0.224 e. The summed E-state index contributed by atoms with van der Waals surface area (Å²) in [6.45, 7) is 9.20. The molecule has 2 N–H and O–H groups in total. The SMILES string of the molecule is CCNC(=NCCC(=O)N1CCCCC1C)NCCc1ccc(C)c(OC)c1.I. The Balaban J connectivity index is 0.00000420. The molecular formula is C22H37IN4O2. The van der Waals surface area contributed by atoms with Gasteiger partial charge in [-0.05, 0) is 63.6 Å². The van der Waals surface area contributed by atoms with E-state index >= 15 is 0 Å². The Bertz CT molecular complexity index is 666. The number of aryl methyl sites for hydroxylation is 1. The number of hydrogen-bond donors (Lipinski definition) is 2. The summed E-state index contributed by atoms with van der Waals surface area (Å²) in [7, 11) is 1.70. The van der Waals surface area contributed by atoms with Gasteiger partial charge in [0.15, 0.2) is 5.96 Å². The molecular weight excluding hydrogens is 479 g/mol. The zero-order chi connectivity index (χ0) is 20.4.